The number of ketones is 1. The molecular formula is C25H24Cl2N2O4. The highest BCUT2D eigenvalue weighted by Crippen LogP contribution is 2.42. The number of carbonyl (C=O) groups excluding carboxylic acids is 4. The second-order valence-electron chi connectivity index (χ2n) is 8.80. The van der Waals surface area contributed by atoms with E-state index in [0.29, 0.717) is 29.3 Å². The SMILES string of the molecule is C[C@@H]1CC[C@@H]2C(=O)N(N(C(=O)c3ccc(Cl)cc3Cl)[C@H](C)C(=O)c3ccccc3)C(=O)[C@@H]2C1. The van der Waals surface area contributed by atoms with Crippen LogP contribution in [0.5, 0.6) is 0 Å². The van der Waals surface area contributed by atoms with Crippen molar-refractivity contribution < 1.29 is 19.2 Å². The van der Waals surface area contributed by atoms with Gasteiger partial charge in [-0.1, -0.05) is 60.5 Å². The number of amides is 3. The Morgan fingerprint density at radius 2 is 1.67 bits per heavy atom. The summed E-state index contributed by atoms with van der Waals surface area (Å²) in [6.45, 7) is 3.57. The van der Waals surface area contributed by atoms with Gasteiger partial charge in [-0.2, -0.15) is 5.01 Å². The maximum Gasteiger partial charge on any atom is 0.275 e. The molecule has 1 heterocycles. The third-order valence-electron chi connectivity index (χ3n) is 6.55. The minimum Gasteiger partial charge on any atom is -0.292 e. The minimum absolute atomic E-state index is 0.0534. The van der Waals surface area contributed by atoms with Crippen LogP contribution in [0.25, 0.3) is 0 Å². The van der Waals surface area contributed by atoms with E-state index < -0.39 is 41.4 Å². The van der Waals surface area contributed by atoms with E-state index in [4.69, 9.17) is 23.2 Å². The van der Waals surface area contributed by atoms with E-state index in [-0.39, 0.29) is 10.6 Å². The van der Waals surface area contributed by atoms with Crippen molar-refractivity contribution in [1.82, 2.24) is 10.0 Å². The van der Waals surface area contributed by atoms with Crippen LogP contribution >= 0.6 is 23.2 Å². The number of rotatable bonds is 5. The van der Waals surface area contributed by atoms with Gasteiger partial charge >= 0.3 is 0 Å². The summed E-state index contributed by atoms with van der Waals surface area (Å²) < 4.78 is 0. The van der Waals surface area contributed by atoms with Crippen LogP contribution in [0.2, 0.25) is 10.0 Å². The normalized spacial score (nSPS) is 23.3. The van der Waals surface area contributed by atoms with Crippen molar-refractivity contribution in [2.75, 3.05) is 0 Å². The first kappa shape index (κ1) is 23.5. The number of hydrogen-bond acceptors (Lipinski definition) is 4. The molecule has 0 bridgehead atoms. The van der Waals surface area contributed by atoms with Crippen molar-refractivity contribution in [2.24, 2.45) is 17.8 Å². The Balaban J connectivity index is 1.77. The topological polar surface area (TPSA) is 74.8 Å². The zero-order chi connectivity index (χ0) is 23.9. The Hall–Kier alpha value is -2.70. The average molecular weight is 487 g/mol. The summed E-state index contributed by atoms with van der Waals surface area (Å²) in [6, 6.07) is 11.7. The monoisotopic (exact) mass is 486 g/mol. The predicted molar refractivity (Wildman–Crippen MR) is 125 cm³/mol. The molecule has 1 aliphatic heterocycles. The van der Waals surface area contributed by atoms with Gasteiger partial charge < -0.3 is 0 Å². The summed E-state index contributed by atoms with van der Waals surface area (Å²) in [5, 5.41) is 2.29. The number of Topliss-reactive ketones (excluding diaryl/α,β-unsaturated/α-hetero) is 1. The molecule has 2 aliphatic rings. The number of benzene rings is 2. The quantitative estimate of drug-likeness (QED) is 0.438. The van der Waals surface area contributed by atoms with Gasteiger partial charge in [0.1, 0.15) is 6.04 Å². The van der Waals surface area contributed by atoms with E-state index >= 15 is 0 Å². The van der Waals surface area contributed by atoms with Crippen LogP contribution in [0.4, 0.5) is 0 Å². The van der Waals surface area contributed by atoms with Gasteiger partial charge in [-0.25, -0.2) is 5.01 Å². The largest absolute Gasteiger partial charge is 0.292 e. The van der Waals surface area contributed by atoms with E-state index in [2.05, 4.69) is 6.92 Å². The molecule has 0 aromatic heterocycles. The van der Waals surface area contributed by atoms with Crippen LogP contribution in [-0.4, -0.2) is 39.6 Å². The number of fused-ring (bicyclic) bond motifs is 1. The summed E-state index contributed by atoms with van der Waals surface area (Å²) in [6.07, 6.45) is 2.00. The average Bonchev–Trinajstić information content (AvgIpc) is 3.03. The number of carbonyl (C=O) groups is 4. The lowest BCUT2D eigenvalue weighted by molar-refractivity contribution is -0.156. The first-order valence-corrected chi connectivity index (χ1v) is 11.7. The lowest BCUT2D eigenvalue weighted by Gasteiger charge is -2.35. The number of nitrogens with zero attached hydrogens (tertiary/aromatic N) is 2. The summed E-state index contributed by atoms with van der Waals surface area (Å²) in [5.41, 5.74) is 0.424. The molecule has 0 N–H and O–H groups in total. The number of hydrazine groups is 1. The van der Waals surface area contributed by atoms with Crippen LogP contribution in [0.15, 0.2) is 48.5 Å². The molecule has 172 valence electrons. The van der Waals surface area contributed by atoms with Gasteiger partial charge in [0.25, 0.3) is 17.7 Å². The predicted octanol–water partition coefficient (Wildman–Crippen LogP) is 5.04. The maximum absolute atomic E-state index is 13.7. The fourth-order valence-corrected chi connectivity index (χ4v) is 5.25. The lowest BCUT2D eigenvalue weighted by atomic mass is 9.76. The Morgan fingerprint density at radius 1 is 1.00 bits per heavy atom. The second-order valence-corrected chi connectivity index (χ2v) is 9.64. The molecule has 33 heavy (non-hydrogen) atoms. The molecule has 0 spiro atoms. The third kappa shape index (κ3) is 4.30. The first-order valence-electron chi connectivity index (χ1n) is 11.0. The summed E-state index contributed by atoms with van der Waals surface area (Å²) in [7, 11) is 0. The highest BCUT2D eigenvalue weighted by molar-refractivity contribution is 6.36. The first-order chi connectivity index (χ1) is 15.7. The van der Waals surface area contributed by atoms with E-state index in [9.17, 15) is 19.2 Å². The van der Waals surface area contributed by atoms with Crippen LogP contribution < -0.4 is 0 Å². The van der Waals surface area contributed by atoms with Gasteiger partial charge in [0.05, 0.1) is 22.4 Å². The van der Waals surface area contributed by atoms with Crippen LogP contribution in [0.3, 0.4) is 0 Å². The van der Waals surface area contributed by atoms with E-state index in [1.54, 1.807) is 30.3 Å². The van der Waals surface area contributed by atoms with Crippen LogP contribution in [0.1, 0.15) is 53.8 Å². The fraction of sp³-hybridized carbons (Fsp3) is 0.360. The van der Waals surface area contributed by atoms with Crippen molar-refractivity contribution in [3.8, 4) is 0 Å². The van der Waals surface area contributed by atoms with Gasteiger partial charge in [0, 0.05) is 10.6 Å². The zero-order valence-electron chi connectivity index (χ0n) is 18.3. The summed E-state index contributed by atoms with van der Waals surface area (Å²) >= 11 is 12.3. The van der Waals surface area contributed by atoms with Crippen molar-refractivity contribution in [1.29, 1.82) is 0 Å². The molecule has 1 saturated carbocycles. The number of halogens is 2. The number of imide groups is 1. The summed E-state index contributed by atoms with van der Waals surface area (Å²) in [4.78, 5) is 53.8. The second kappa shape index (κ2) is 9.27. The lowest BCUT2D eigenvalue weighted by Crippen LogP contribution is -2.56. The highest BCUT2D eigenvalue weighted by atomic mass is 35.5. The van der Waals surface area contributed by atoms with Crippen molar-refractivity contribution in [2.45, 2.75) is 39.2 Å². The molecule has 0 radical (unpaired) electrons. The van der Waals surface area contributed by atoms with Crippen molar-refractivity contribution in [3.05, 3.63) is 69.7 Å². The third-order valence-corrected chi connectivity index (χ3v) is 7.10. The maximum atomic E-state index is 13.7. The molecule has 1 saturated heterocycles. The molecule has 6 nitrogen and oxygen atoms in total. The van der Waals surface area contributed by atoms with E-state index in [1.807, 2.05) is 0 Å². The molecule has 2 aromatic rings. The van der Waals surface area contributed by atoms with E-state index in [0.717, 1.165) is 16.4 Å². The Morgan fingerprint density at radius 3 is 2.33 bits per heavy atom. The molecule has 4 rings (SSSR count). The van der Waals surface area contributed by atoms with Crippen LogP contribution in [0, 0.1) is 17.8 Å². The Labute approximate surface area is 202 Å². The van der Waals surface area contributed by atoms with Crippen molar-refractivity contribution in [3.63, 3.8) is 0 Å². The minimum atomic E-state index is -1.11. The van der Waals surface area contributed by atoms with Gasteiger partial charge in [0.15, 0.2) is 5.78 Å². The van der Waals surface area contributed by atoms with Gasteiger partial charge in [-0.3, -0.25) is 19.2 Å². The Kier molecular flexibility index (Phi) is 6.59. The standard InChI is InChI=1S/C25H24Cl2N2O4/c1-14-8-10-18-20(12-14)25(33)29(23(18)31)28(15(2)22(30)16-6-4-3-5-7-16)24(32)19-11-9-17(26)13-21(19)27/h3-7,9,11,13-15,18,20H,8,10,12H2,1-2H3/t14-,15-,18+,20-/m1/s1. The van der Waals surface area contributed by atoms with Gasteiger partial charge in [0.2, 0.25) is 0 Å². The molecule has 2 fully saturated rings. The zero-order valence-corrected chi connectivity index (χ0v) is 19.8. The molecule has 4 atom stereocenters. The smallest absolute Gasteiger partial charge is 0.275 e. The van der Waals surface area contributed by atoms with Gasteiger partial charge in [-0.05, 0) is 50.3 Å². The van der Waals surface area contributed by atoms with Gasteiger partial charge in [-0.15, -0.1) is 0 Å². The van der Waals surface area contributed by atoms with Crippen molar-refractivity contribution >= 4 is 46.7 Å². The molecule has 3 amide bonds. The molecular weight excluding hydrogens is 463 g/mol. The summed E-state index contributed by atoms with van der Waals surface area (Å²) in [5.74, 6) is -2.65. The van der Waals surface area contributed by atoms with E-state index in [1.165, 1.54) is 25.1 Å². The molecule has 8 heteroatoms. The molecule has 0 unspecified atom stereocenters. The Bertz CT molecular complexity index is 1120. The molecule has 2 aromatic carbocycles. The molecule has 1 aliphatic carbocycles. The number of hydrogen-bond donors (Lipinski definition) is 0. The van der Waals surface area contributed by atoms with Crippen LogP contribution in [-0.2, 0) is 9.59 Å². The highest BCUT2D eigenvalue weighted by Gasteiger charge is 2.54. The fourth-order valence-electron chi connectivity index (χ4n) is 4.77.